The summed E-state index contributed by atoms with van der Waals surface area (Å²) in [5, 5.41) is 2.42. The van der Waals surface area contributed by atoms with Crippen LogP contribution in [-0.2, 0) is 4.84 Å². The maximum absolute atomic E-state index is 6.22. The molecule has 1 aromatic carbocycles. The summed E-state index contributed by atoms with van der Waals surface area (Å²) in [5.41, 5.74) is 1.80. The molecule has 3 fully saturated rings. The fourth-order valence-corrected chi connectivity index (χ4v) is 4.46. The monoisotopic (exact) mass is 257 g/mol. The minimum Gasteiger partial charge on any atom is -0.294 e. The summed E-state index contributed by atoms with van der Waals surface area (Å²) in [6, 6.07) is 11.4. The molecular weight excluding hydrogens is 234 g/mol. The van der Waals surface area contributed by atoms with E-state index in [1.807, 2.05) is 0 Å². The molecule has 1 saturated carbocycles. The lowest BCUT2D eigenvalue weighted by Crippen LogP contribution is -2.45. The van der Waals surface area contributed by atoms with Gasteiger partial charge >= 0.3 is 0 Å². The number of rotatable bonds is 1. The minimum absolute atomic E-state index is 0.361. The SMILES string of the molecule is c1ccc([C@H]2C[C@H]3CC4(CCCCCC4)N2O3)cc1. The van der Waals surface area contributed by atoms with E-state index in [-0.39, 0.29) is 0 Å². The van der Waals surface area contributed by atoms with Gasteiger partial charge in [-0.2, -0.15) is 5.06 Å². The first-order valence-electron chi connectivity index (χ1n) is 7.88. The van der Waals surface area contributed by atoms with E-state index in [4.69, 9.17) is 4.84 Å². The van der Waals surface area contributed by atoms with Crippen molar-refractivity contribution in [1.82, 2.24) is 5.06 Å². The fraction of sp³-hybridized carbons (Fsp3) is 0.647. The van der Waals surface area contributed by atoms with Crippen molar-refractivity contribution < 1.29 is 4.84 Å². The molecule has 1 unspecified atom stereocenters. The molecule has 2 aliphatic heterocycles. The van der Waals surface area contributed by atoms with Crippen LogP contribution < -0.4 is 0 Å². The van der Waals surface area contributed by atoms with Crippen molar-refractivity contribution in [2.75, 3.05) is 0 Å². The third-order valence-electron chi connectivity index (χ3n) is 5.33. The Morgan fingerprint density at radius 1 is 1.00 bits per heavy atom. The maximum Gasteiger partial charge on any atom is 0.0831 e. The number of benzene rings is 1. The highest BCUT2D eigenvalue weighted by Crippen LogP contribution is 2.53. The van der Waals surface area contributed by atoms with Gasteiger partial charge in [-0.1, -0.05) is 56.0 Å². The van der Waals surface area contributed by atoms with Crippen LogP contribution in [0.2, 0.25) is 0 Å². The van der Waals surface area contributed by atoms with E-state index in [9.17, 15) is 0 Å². The molecule has 4 rings (SSSR count). The van der Waals surface area contributed by atoms with Crippen molar-refractivity contribution >= 4 is 0 Å². The third-order valence-corrected chi connectivity index (χ3v) is 5.33. The molecule has 2 heterocycles. The molecule has 19 heavy (non-hydrogen) atoms. The van der Waals surface area contributed by atoms with E-state index in [0.717, 1.165) is 0 Å². The summed E-state index contributed by atoms with van der Waals surface area (Å²) in [7, 11) is 0. The highest BCUT2D eigenvalue weighted by atomic mass is 16.7. The van der Waals surface area contributed by atoms with Crippen LogP contribution in [0.4, 0.5) is 0 Å². The second-order valence-corrected chi connectivity index (χ2v) is 6.56. The predicted octanol–water partition coefficient (Wildman–Crippen LogP) is 4.23. The summed E-state index contributed by atoms with van der Waals surface area (Å²) in [4.78, 5) is 6.22. The summed E-state index contributed by atoms with van der Waals surface area (Å²) in [6.45, 7) is 0. The van der Waals surface area contributed by atoms with E-state index >= 15 is 0 Å². The van der Waals surface area contributed by atoms with Crippen LogP contribution >= 0.6 is 0 Å². The first-order valence-corrected chi connectivity index (χ1v) is 7.88. The van der Waals surface area contributed by atoms with Gasteiger partial charge in [0.1, 0.15) is 0 Å². The highest BCUT2D eigenvalue weighted by molar-refractivity contribution is 5.22. The Morgan fingerprint density at radius 3 is 2.42 bits per heavy atom. The molecule has 0 radical (unpaired) electrons. The molecule has 2 nitrogen and oxygen atoms in total. The largest absolute Gasteiger partial charge is 0.294 e. The zero-order valence-corrected chi connectivity index (χ0v) is 11.6. The molecule has 1 aromatic rings. The van der Waals surface area contributed by atoms with Gasteiger partial charge in [0.25, 0.3) is 0 Å². The molecule has 2 saturated heterocycles. The predicted molar refractivity (Wildman–Crippen MR) is 75.6 cm³/mol. The van der Waals surface area contributed by atoms with Crippen LogP contribution in [0.1, 0.15) is 63.0 Å². The summed E-state index contributed by atoms with van der Waals surface area (Å²) in [6.07, 6.45) is 11.2. The van der Waals surface area contributed by atoms with E-state index in [0.29, 0.717) is 17.7 Å². The second-order valence-electron chi connectivity index (χ2n) is 6.56. The van der Waals surface area contributed by atoms with Gasteiger partial charge in [0, 0.05) is 5.54 Å². The van der Waals surface area contributed by atoms with Gasteiger partial charge in [-0.25, -0.2) is 0 Å². The third kappa shape index (κ3) is 1.93. The standard InChI is InChI=1S/C17H23NO/c1-2-7-11-17(10-6-1)13-15-12-16(18(17)19-15)14-8-4-3-5-9-14/h3-5,8-9,15-16H,1-2,6-7,10-13H2/t15-,16+/m0/s1. The molecule has 1 spiro atoms. The Hall–Kier alpha value is -0.860. The Balaban J connectivity index is 1.63. The summed E-state index contributed by atoms with van der Waals surface area (Å²) >= 11 is 0. The molecular formula is C17H23NO. The average Bonchev–Trinajstić information content (AvgIpc) is 2.93. The Bertz CT molecular complexity index is 436. The van der Waals surface area contributed by atoms with Crippen LogP contribution in [0.15, 0.2) is 30.3 Å². The van der Waals surface area contributed by atoms with E-state index in [1.54, 1.807) is 0 Å². The van der Waals surface area contributed by atoms with Gasteiger partial charge in [0.05, 0.1) is 12.1 Å². The molecule has 3 atom stereocenters. The first-order chi connectivity index (χ1) is 9.37. The number of fused-ring (bicyclic) bond motifs is 3. The number of nitrogens with zero attached hydrogens (tertiary/aromatic N) is 1. The van der Waals surface area contributed by atoms with Gasteiger partial charge in [0.2, 0.25) is 0 Å². The van der Waals surface area contributed by atoms with Gasteiger partial charge in [-0.05, 0) is 31.2 Å². The molecule has 0 amide bonds. The van der Waals surface area contributed by atoms with Gasteiger partial charge in [-0.3, -0.25) is 4.84 Å². The van der Waals surface area contributed by atoms with Crippen molar-refractivity contribution in [1.29, 1.82) is 0 Å². The second kappa shape index (κ2) is 4.60. The summed E-state index contributed by atoms with van der Waals surface area (Å²) < 4.78 is 0. The zero-order chi connectivity index (χ0) is 12.7. The van der Waals surface area contributed by atoms with Crippen LogP contribution in [0, 0.1) is 0 Å². The van der Waals surface area contributed by atoms with E-state index in [2.05, 4.69) is 35.4 Å². The molecule has 1 aliphatic carbocycles. The van der Waals surface area contributed by atoms with E-state index in [1.165, 1.54) is 56.9 Å². The Labute approximate surface area is 115 Å². The number of hydrogen-bond donors (Lipinski definition) is 0. The highest BCUT2D eigenvalue weighted by Gasteiger charge is 2.55. The smallest absolute Gasteiger partial charge is 0.0831 e. The molecule has 2 heteroatoms. The van der Waals surface area contributed by atoms with Crippen LogP contribution in [0.3, 0.4) is 0 Å². The molecule has 0 N–H and O–H groups in total. The maximum atomic E-state index is 6.22. The van der Waals surface area contributed by atoms with Crippen molar-refractivity contribution in [2.24, 2.45) is 0 Å². The van der Waals surface area contributed by atoms with Gasteiger partial charge < -0.3 is 0 Å². The van der Waals surface area contributed by atoms with Crippen molar-refractivity contribution in [2.45, 2.75) is 69.1 Å². The van der Waals surface area contributed by atoms with Crippen molar-refractivity contribution in [3.05, 3.63) is 35.9 Å². The molecule has 3 aliphatic rings. The van der Waals surface area contributed by atoms with E-state index < -0.39 is 0 Å². The van der Waals surface area contributed by atoms with Gasteiger partial charge in [-0.15, -0.1) is 0 Å². The van der Waals surface area contributed by atoms with Crippen molar-refractivity contribution in [3.63, 3.8) is 0 Å². The lowest BCUT2D eigenvalue weighted by atomic mass is 9.79. The molecule has 0 aromatic heterocycles. The van der Waals surface area contributed by atoms with Crippen LogP contribution in [-0.4, -0.2) is 16.7 Å². The normalized spacial score (nSPS) is 36.5. The number of hydroxylamine groups is 2. The number of hydrogen-bond acceptors (Lipinski definition) is 2. The fourth-order valence-electron chi connectivity index (χ4n) is 4.46. The Kier molecular flexibility index (Phi) is 2.89. The molecule has 2 bridgehead atoms. The zero-order valence-electron chi connectivity index (χ0n) is 11.6. The topological polar surface area (TPSA) is 12.5 Å². The lowest BCUT2D eigenvalue weighted by molar-refractivity contribution is -0.171. The average molecular weight is 257 g/mol. The van der Waals surface area contributed by atoms with Crippen molar-refractivity contribution in [3.8, 4) is 0 Å². The minimum atomic E-state index is 0.361. The quantitative estimate of drug-likeness (QED) is 0.746. The first kappa shape index (κ1) is 11.9. The summed E-state index contributed by atoms with van der Waals surface area (Å²) in [5.74, 6) is 0. The van der Waals surface area contributed by atoms with Crippen LogP contribution in [0.5, 0.6) is 0 Å². The number of piperidine rings is 1. The molecule has 102 valence electrons. The van der Waals surface area contributed by atoms with Crippen LogP contribution in [0.25, 0.3) is 0 Å². The lowest BCUT2D eigenvalue weighted by Gasteiger charge is -2.41. The van der Waals surface area contributed by atoms with Gasteiger partial charge in [0.15, 0.2) is 0 Å². The Morgan fingerprint density at radius 2 is 1.74 bits per heavy atom.